The highest BCUT2D eigenvalue weighted by molar-refractivity contribution is 5.44. The summed E-state index contributed by atoms with van der Waals surface area (Å²) in [7, 11) is 0. The molecule has 0 aliphatic rings. The number of nitrogens with one attached hydrogen (secondary N) is 1. The summed E-state index contributed by atoms with van der Waals surface area (Å²) in [5.74, 6) is 0. The minimum atomic E-state index is -0.518. The molecule has 1 N–H and O–H groups in total. The van der Waals surface area contributed by atoms with Gasteiger partial charge in [0.2, 0.25) is 6.20 Å². The number of anilines is 1. The summed E-state index contributed by atoms with van der Waals surface area (Å²) < 4.78 is 0. The lowest BCUT2D eigenvalue weighted by Crippen LogP contribution is -1.89. The minimum absolute atomic E-state index is 0.518. The molecular formula is C8H8N2O2. The summed E-state index contributed by atoms with van der Waals surface area (Å²) >= 11 is 0. The predicted octanol–water partition coefficient (Wildman–Crippen LogP) is 1.85. The van der Waals surface area contributed by atoms with Crippen molar-refractivity contribution in [2.24, 2.45) is 0 Å². The Morgan fingerprint density at radius 2 is 2.00 bits per heavy atom. The Bertz CT molecular complexity index is 282. The van der Waals surface area contributed by atoms with Gasteiger partial charge in [-0.3, -0.25) is 10.1 Å². The fourth-order valence-electron chi connectivity index (χ4n) is 0.729. The average molecular weight is 164 g/mol. The van der Waals surface area contributed by atoms with Gasteiger partial charge in [-0.15, -0.1) is 0 Å². The predicted molar refractivity (Wildman–Crippen MR) is 46.2 cm³/mol. The molecular weight excluding hydrogens is 156 g/mol. The van der Waals surface area contributed by atoms with Gasteiger partial charge in [0.1, 0.15) is 0 Å². The maximum Gasteiger partial charge on any atom is 0.250 e. The average Bonchev–Trinajstić information content (AvgIpc) is 2.05. The van der Waals surface area contributed by atoms with E-state index < -0.39 is 4.92 Å². The summed E-state index contributed by atoms with van der Waals surface area (Å²) in [5, 5.41) is 12.6. The van der Waals surface area contributed by atoms with Crippen LogP contribution in [0.15, 0.2) is 42.7 Å². The smallest absolute Gasteiger partial charge is 0.250 e. The van der Waals surface area contributed by atoms with E-state index in [2.05, 4.69) is 5.32 Å². The van der Waals surface area contributed by atoms with E-state index in [1.165, 1.54) is 6.20 Å². The van der Waals surface area contributed by atoms with Gasteiger partial charge in [0.15, 0.2) is 0 Å². The van der Waals surface area contributed by atoms with Gasteiger partial charge in [0.05, 0.1) is 11.1 Å². The van der Waals surface area contributed by atoms with Crippen LogP contribution in [0.25, 0.3) is 0 Å². The van der Waals surface area contributed by atoms with Gasteiger partial charge in [-0.05, 0) is 12.1 Å². The van der Waals surface area contributed by atoms with Crippen molar-refractivity contribution in [1.29, 1.82) is 0 Å². The molecule has 1 rings (SSSR count). The Morgan fingerprint density at radius 3 is 2.58 bits per heavy atom. The van der Waals surface area contributed by atoms with Crippen molar-refractivity contribution in [3.05, 3.63) is 52.8 Å². The normalized spacial score (nSPS) is 10.0. The second-order valence-electron chi connectivity index (χ2n) is 2.11. The van der Waals surface area contributed by atoms with Crippen molar-refractivity contribution in [2.45, 2.75) is 0 Å². The SMILES string of the molecule is O=[N+]([O-])/C=C/Nc1ccccc1. The van der Waals surface area contributed by atoms with E-state index in [9.17, 15) is 10.1 Å². The third-order valence-electron chi connectivity index (χ3n) is 1.22. The maximum absolute atomic E-state index is 9.87. The molecule has 0 saturated carbocycles. The second-order valence-corrected chi connectivity index (χ2v) is 2.11. The molecule has 0 fully saturated rings. The lowest BCUT2D eigenvalue weighted by Gasteiger charge is -1.95. The van der Waals surface area contributed by atoms with Crippen LogP contribution in [0.5, 0.6) is 0 Å². The highest BCUT2D eigenvalue weighted by Gasteiger charge is 1.85. The van der Waals surface area contributed by atoms with Crippen LogP contribution in [-0.4, -0.2) is 4.92 Å². The number of nitro groups is 1. The fourth-order valence-corrected chi connectivity index (χ4v) is 0.729. The van der Waals surface area contributed by atoms with E-state index >= 15 is 0 Å². The Hall–Kier alpha value is -1.84. The van der Waals surface area contributed by atoms with Crippen LogP contribution in [0.1, 0.15) is 0 Å². The molecule has 0 bridgehead atoms. The highest BCUT2D eigenvalue weighted by atomic mass is 16.6. The summed E-state index contributed by atoms with van der Waals surface area (Å²) in [6.45, 7) is 0. The lowest BCUT2D eigenvalue weighted by atomic mass is 10.3. The molecule has 0 amide bonds. The van der Waals surface area contributed by atoms with E-state index in [0.29, 0.717) is 0 Å². The zero-order valence-electron chi connectivity index (χ0n) is 6.31. The second kappa shape index (κ2) is 4.12. The lowest BCUT2D eigenvalue weighted by molar-refractivity contribution is -0.402. The summed E-state index contributed by atoms with van der Waals surface area (Å²) in [6, 6.07) is 9.22. The molecule has 0 spiro atoms. The molecule has 62 valence electrons. The molecule has 0 radical (unpaired) electrons. The number of rotatable bonds is 3. The van der Waals surface area contributed by atoms with Crippen LogP contribution in [0.4, 0.5) is 5.69 Å². The van der Waals surface area contributed by atoms with E-state index in [0.717, 1.165) is 11.9 Å². The highest BCUT2D eigenvalue weighted by Crippen LogP contribution is 2.03. The van der Waals surface area contributed by atoms with E-state index in [1.54, 1.807) is 0 Å². The number of hydrogen-bond acceptors (Lipinski definition) is 3. The van der Waals surface area contributed by atoms with Crippen LogP contribution < -0.4 is 5.32 Å². The molecule has 0 aliphatic heterocycles. The largest absolute Gasteiger partial charge is 0.356 e. The van der Waals surface area contributed by atoms with Gasteiger partial charge in [0, 0.05) is 5.69 Å². The van der Waals surface area contributed by atoms with Gasteiger partial charge >= 0.3 is 0 Å². The standard InChI is InChI=1S/C8H8N2O2/c11-10(12)7-6-9-8-4-2-1-3-5-8/h1-7,9H/b7-6+. The first kappa shape index (κ1) is 8.26. The molecule has 0 unspecified atom stereocenters. The van der Waals surface area contributed by atoms with E-state index in [4.69, 9.17) is 0 Å². The third-order valence-corrected chi connectivity index (χ3v) is 1.22. The fraction of sp³-hybridized carbons (Fsp3) is 0. The van der Waals surface area contributed by atoms with E-state index in [1.807, 2.05) is 30.3 Å². The molecule has 1 aromatic rings. The van der Waals surface area contributed by atoms with Crippen molar-refractivity contribution in [2.75, 3.05) is 5.32 Å². The molecule has 12 heavy (non-hydrogen) atoms. The number of para-hydroxylation sites is 1. The monoisotopic (exact) mass is 164 g/mol. The number of hydrogen-bond donors (Lipinski definition) is 1. The summed E-state index contributed by atoms with van der Waals surface area (Å²) in [6.07, 6.45) is 2.14. The van der Waals surface area contributed by atoms with Gasteiger partial charge in [-0.2, -0.15) is 0 Å². The van der Waals surface area contributed by atoms with Gasteiger partial charge in [0.25, 0.3) is 0 Å². The van der Waals surface area contributed by atoms with E-state index in [-0.39, 0.29) is 0 Å². The van der Waals surface area contributed by atoms with Crippen molar-refractivity contribution in [3.8, 4) is 0 Å². The van der Waals surface area contributed by atoms with Crippen LogP contribution >= 0.6 is 0 Å². The Labute approximate surface area is 69.7 Å². The molecule has 0 heterocycles. The van der Waals surface area contributed by atoms with Crippen LogP contribution in [0, 0.1) is 10.1 Å². The molecule has 4 heteroatoms. The number of benzene rings is 1. The van der Waals surface area contributed by atoms with Crippen LogP contribution in [0.3, 0.4) is 0 Å². The van der Waals surface area contributed by atoms with Gasteiger partial charge < -0.3 is 5.32 Å². The van der Waals surface area contributed by atoms with Crippen molar-refractivity contribution in [3.63, 3.8) is 0 Å². The first-order valence-corrected chi connectivity index (χ1v) is 3.41. The maximum atomic E-state index is 9.87. The Morgan fingerprint density at radius 1 is 1.33 bits per heavy atom. The molecule has 0 aliphatic carbocycles. The molecule has 0 saturated heterocycles. The van der Waals surface area contributed by atoms with Crippen molar-refractivity contribution >= 4 is 5.69 Å². The molecule has 0 atom stereocenters. The first-order chi connectivity index (χ1) is 5.79. The third kappa shape index (κ3) is 2.83. The van der Waals surface area contributed by atoms with Gasteiger partial charge in [-0.25, -0.2) is 0 Å². The molecule has 4 nitrogen and oxygen atoms in total. The first-order valence-electron chi connectivity index (χ1n) is 3.41. The van der Waals surface area contributed by atoms with Gasteiger partial charge in [-0.1, -0.05) is 18.2 Å². The topological polar surface area (TPSA) is 55.2 Å². The zero-order chi connectivity index (χ0) is 8.81. The summed E-state index contributed by atoms with van der Waals surface area (Å²) in [5.41, 5.74) is 0.829. The Kier molecular flexibility index (Phi) is 2.84. The van der Waals surface area contributed by atoms with Crippen molar-refractivity contribution < 1.29 is 4.92 Å². The van der Waals surface area contributed by atoms with Crippen LogP contribution in [0.2, 0.25) is 0 Å². The quantitative estimate of drug-likeness (QED) is 0.547. The summed E-state index contributed by atoms with van der Waals surface area (Å²) in [4.78, 5) is 9.35. The molecule has 1 aromatic carbocycles. The van der Waals surface area contributed by atoms with Crippen molar-refractivity contribution in [1.82, 2.24) is 0 Å². The van der Waals surface area contributed by atoms with Crippen LogP contribution in [-0.2, 0) is 0 Å². The Balaban J connectivity index is 2.49. The molecule has 0 aromatic heterocycles. The minimum Gasteiger partial charge on any atom is -0.356 e. The number of nitrogens with zero attached hydrogens (tertiary/aromatic N) is 1. The zero-order valence-corrected chi connectivity index (χ0v) is 6.31.